The van der Waals surface area contributed by atoms with Gasteiger partial charge in [-0.2, -0.15) is 5.10 Å². The van der Waals surface area contributed by atoms with Gasteiger partial charge >= 0.3 is 0 Å². The molecular weight excluding hydrogens is 420 g/mol. The fraction of sp³-hybridized carbons (Fsp3) is 0.333. The maximum Gasteiger partial charge on any atom is 0.257 e. The van der Waals surface area contributed by atoms with Gasteiger partial charge in [0.15, 0.2) is 0 Å². The van der Waals surface area contributed by atoms with Crippen LogP contribution in [-0.4, -0.2) is 58.7 Å². The number of ether oxygens (including phenoxy) is 1. The van der Waals surface area contributed by atoms with Gasteiger partial charge in [-0.15, -0.1) is 0 Å². The van der Waals surface area contributed by atoms with Gasteiger partial charge in [-0.05, 0) is 43.5 Å². The van der Waals surface area contributed by atoms with Crippen LogP contribution in [0.5, 0.6) is 5.75 Å². The van der Waals surface area contributed by atoms with E-state index >= 15 is 0 Å². The smallest absolute Gasteiger partial charge is 0.257 e. The fourth-order valence-electron chi connectivity index (χ4n) is 4.03. The highest BCUT2D eigenvalue weighted by molar-refractivity contribution is 5.99. The maximum absolute atomic E-state index is 13.4. The third-order valence-electron chi connectivity index (χ3n) is 5.82. The third-order valence-corrected chi connectivity index (χ3v) is 5.82. The van der Waals surface area contributed by atoms with Crippen LogP contribution in [0.4, 0.5) is 11.5 Å². The molecule has 9 nitrogen and oxygen atoms in total. The zero-order valence-corrected chi connectivity index (χ0v) is 18.8. The van der Waals surface area contributed by atoms with Crippen LogP contribution in [-0.2, 0) is 0 Å². The summed E-state index contributed by atoms with van der Waals surface area (Å²) in [6.45, 7) is 1.26. The monoisotopic (exact) mass is 448 g/mol. The number of likely N-dealkylation sites (tertiary alicyclic amines) is 1. The molecule has 0 spiro atoms. The Morgan fingerprint density at radius 2 is 2.03 bits per heavy atom. The Kier molecular flexibility index (Phi) is 6.87. The van der Waals surface area contributed by atoms with E-state index in [0.717, 1.165) is 30.7 Å². The molecule has 172 valence electrons. The molecule has 1 aliphatic rings. The number of nitrogens with one attached hydrogen (secondary N) is 2. The molecule has 2 amide bonds. The molecule has 1 saturated heterocycles. The molecule has 1 aromatic carbocycles. The van der Waals surface area contributed by atoms with Crippen molar-refractivity contribution in [2.75, 3.05) is 32.6 Å². The number of carbonyl (C=O) groups excluding carboxylic acids is 2. The Hall–Kier alpha value is -3.88. The topological polar surface area (TPSA) is 101 Å². The first kappa shape index (κ1) is 22.3. The molecule has 1 fully saturated rings. The largest absolute Gasteiger partial charge is 0.497 e. The first-order chi connectivity index (χ1) is 16.1. The second kappa shape index (κ2) is 10.2. The summed E-state index contributed by atoms with van der Waals surface area (Å²) < 4.78 is 7.13. The molecule has 0 aliphatic carbocycles. The fourth-order valence-corrected chi connectivity index (χ4v) is 4.03. The molecule has 2 N–H and O–H groups in total. The van der Waals surface area contributed by atoms with Crippen LogP contribution in [0.2, 0.25) is 0 Å². The summed E-state index contributed by atoms with van der Waals surface area (Å²) in [5.74, 6) is 1.03. The molecule has 1 atom stereocenters. The Bertz CT molecular complexity index is 1130. The lowest BCUT2D eigenvalue weighted by Gasteiger charge is -2.22. The van der Waals surface area contributed by atoms with Crippen molar-refractivity contribution in [3.63, 3.8) is 0 Å². The van der Waals surface area contributed by atoms with Crippen molar-refractivity contribution < 1.29 is 14.3 Å². The van der Waals surface area contributed by atoms with E-state index in [0.29, 0.717) is 30.0 Å². The highest BCUT2D eigenvalue weighted by Crippen LogP contribution is 2.26. The molecule has 3 aromatic rings. The van der Waals surface area contributed by atoms with Crippen LogP contribution in [0, 0.1) is 0 Å². The summed E-state index contributed by atoms with van der Waals surface area (Å²) in [4.78, 5) is 31.5. The minimum absolute atomic E-state index is 0.0549. The van der Waals surface area contributed by atoms with Crippen LogP contribution in [0.1, 0.15) is 46.0 Å². The van der Waals surface area contributed by atoms with Crippen LogP contribution in [0.15, 0.2) is 55.0 Å². The van der Waals surface area contributed by atoms with E-state index < -0.39 is 0 Å². The molecular formula is C24H28N6O3. The maximum atomic E-state index is 13.4. The standard InChI is InChI=1S/C24H28N6O3/c1-25-23(31)17-15-27-30(16-17)19-7-5-12-29(13-10-19)24(32)21-9-4-11-26-22(21)28-18-6-3-8-20(14-18)33-2/h3-4,6,8-9,11,14-16,19H,5,7,10,12-13H2,1-2H3,(H,25,31)(H,26,28). The van der Waals surface area contributed by atoms with Gasteiger partial charge in [0, 0.05) is 44.3 Å². The summed E-state index contributed by atoms with van der Waals surface area (Å²) in [6, 6.07) is 11.2. The lowest BCUT2D eigenvalue weighted by atomic mass is 10.1. The summed E-state index contributed by atoms with van der Waals surface area (Å²) in [7, 11) is 3.22. The van der Waals surface area contributed by atoms with Gasteiger partial charge in [0.2, 0.25) is 0 Å². The van der Waals surface area contributed by atoms with Crippen LogP contribution in [0.25, 0.3) is 0 Å². The minimum Gasteiger partial charge on any atom is -0.497 e. The Morgan fingerprint density at radius 3 is 2.85 bits per heavy atom. The lowest BCUT2D eigenvalue weighted by molar-refractivity contribution is 0.0760. The summed E-state index contributed by atoms with van der Waals surface area (Å²) in [5, 5.41) is 10.2. The molecule has 0 radical (unpaired) electrons. The molecule has 1 unspecified atom stereocenters. The second-order valence-corrected chi connectivity index (χ2v) is 7.92. The van der Waals surface area contributed by atoms with Gasteiger partial charge in [0.1, 0.15) is 11.6 Å². The van der Waals surface area contributed by atoms with Gasteiger partial charge in [0.25, 0.3) is 11.8 Å². The molecule has 1 aliphatic heterocycles. The number of pyridine rings is 1. The molecule has 33 heavy (non-hydrogen) atoms. The van der Waals surface area contributed by atoms with Crippen molar-refractivity contribution in [3.8, 4) is 5.75 Å². The number of aromatic nitrogens is 3. The quantitative estimate of drug-likeness (QED) is 0.600. The van der Waals surface area contributed by atoms with Gasteiger partial charge < -0.3 is 20.3 Å². The van der Waals surface area contributed by atoms with Crippen molar-refractivity contribution in [3.05, 3.63) is 66.1 Å². The zero-order valence-electron chi connectivity index (χ0n) is 18.8. The first-order valence-electron chi connectivity index (χ1n) is 11.0. The average molecular weight is 449 g/mol. The van der Waals surface area contributed by atoms with Gasteiger partial charge in [0.05, 0.1) is 30.5 Å². The average Bonchev–Trinajstić information content (AvgIpc) is 3.21. The number of rotatable bonds is 6. The lowest BCUT2D eigenvalue weighted by Crippen LogP contribution is -2.32. The summed E-state index contributed by atoms with van der Waals surface area (Å²) >= 11 is 0. The predicted octanol–water partition coefficient (Wildman–Crippen LogP) is 3.26. The summed E-state index contributed by atoms with van der Waals surface area (Å²) in [5.41, 5.74) is 1.86. The molecule has 0 saturated carbocycles. The number of carbonyl (C=O) groups is 2. The van der Waals surface area contributed by atoms with E-state index in [9.17, 15) is 9.59 Å². The summed E-state index contributed by atoms with van der Waals surface area (Å²) in [6.07, 6.45) is 7.53. The highest BCUT2D eigenvalue weighted by atomic mass is 16.5. The van der Waals surface area contributed by atoms with E-state index in [4.69, 9.17) is 4.74 Å². The number of anilines is 2. The SMILES string of the molecule is CNC(=O)c1cnn(C2CCCN(C(=O)c3cccnc3Nc3cccc(OC)c3)CC2)c1. The zero-order chi connectivity index (χ0) is 23.2. The van der Waals surface area contributed by atoms with E-state index in [2.05, 4.69) is 20.7 Å². The van der Waals surface area contributed by atoms with Crippen molar-refractivity contribution in [2.45, 2.75) is 25.3 Å². The number of nitrogens with zero attached hydrogens (tertiary/aromatic N) is 4. The van der Waals surface area contributed by atoms with Crippen LogP contribution < -0.4 is 15.4 Å². The number of methoxy groups -OCH3 is 1. The Morgan fingerprint density at radius 1 is 1.15 bits per heavy atom. The minimum atomic E-state index is -0.153. The third kappa shape index (κ3) is 5.14. The molecule has 2 aromatic heterocycles. The van der Waals surface area contributed by atoms with Crippen molar-refractivity contribution in [1.82, 2.24) is 25.0 Å². The van der Waals surface area contributed by atoms with Crippen molar-refractivity contribution in [1.29, 1.82) is 0 Å². The highest BCUT2D eigenvalue weighted by Gasteiger charge is 2.25. The van der Waals surface area contributed by atoms with Gasteiger partial charge in [-0.1, -0.05) is 6.07 Å². The Balaban J connectivity index is 1.46. The number of hydrogen-bond acceptors (Lipinski definition) is 6. The van der Waals surface area contributed by atoms with E-state index in [-0.39, 0.29) is 17.9 Å². The van der Waals surface area contributed by atoms with E-state index in [1.165, 1.54) is 0 Å². The first-order valence-corrected chi connectivity index (χ1v) is 11.0. The van der Waals surface area contributed by atoms with Crippen molar-refractivity contribution in [2.24, 2.45) is 0 Å². The van der Waals surface area contributed by atoms with E-state index in [1.54, 1.807) is 44.9 Å². The molecule has 0 bridgehead atoms. The number of amides is 2. The number of benzene rings is 1. The molecule has 9 heteroatoms. The van der Waals surface area contributed by atoms with Gasteiger partial charge in [-0.25, -0.2) is 4.98 Å². The van der Waals surface area contributed by atoms with Gasteiger partial charge in [-0.3, -0.25) is 14.3 Å². The predicted molar refractivity (Wildman–Crippen MR) is 125 cm³/mol. The number of hydrogen-bond donors (Lipinski definition) is 2. The van der Waals surface area contributed by atoms with Crippen LogP contribution in [0.3, 0.4) is 0 Å². The normalized spacial score (nSPS) is 16.1. The Labute approximate surface area is 192 Å². The van der Waals surface area contributed by atoms with Crippen LogP contribution >= 0.6 is 0 Å². The molecule has 4 rings (SSSR count). The molecule has 3 heterocycles. The second-order valence-electron chi connectivity index (χ2n) is 7.92. The van der Waals surface area contributed by atoms with Crippen molar-refractivity contribution >= 4 is 23.3 Å². The van der Waals surface area contributed by atoms with E-state index in [1.807, 2.05) is 33.8 Å².